The van der Waals surface area contributed by atoms with Crippen LogP contribution in [0.2, 0.25) is 0 Å². The summed E-state index contributed by atoms with van der Waals surface area (Å²) in [5, 5.41) is 14.5. The number of fused-ring (bicyclic) bond motifs is 6. The van der Waals surface area contributed by atoms with E-state index < -0.39 is 0 Å². The number of rotatable bonds is 6. The molecule has 0 aliphatic rings. The normalized spacial score (nSPS) is 11.4. The van der Waals surface area contributed by atoms with Crippen molar-refractivity contribution in [3.05, 3.63) is 194 Å². The maximum absolute atomic E-state index is 9.56. The molecule has 0 aliphatic heterocycles. The minimum atomic E-state index is 0.534. The lowest BCUT2D eigenvalue weighted by Crippen LogP contribution is -2.02. The van der Waals surface area contributed by atoms with Gasteiger partial charge in [0.1, 0.15) is 0 Å². The first kappa shape index (κ1) is 33.6. The molecule has 3 heterocycles. The Morgan fingerprint density at radius 3 is 1.69 bits per heavy atom. The molecule has 0 fully saturated rings. The lowest BCUT2D eigenvalue weighted by atomic mass is 10.00. The van der Waals surface area contributed by atoms with Crippen molar-refractivity contribution in [2.45, 2.75) is 0 Å². The number of aromatic nitrogens is 4. The van der Waals surface area contributed by atoms with E-state index in [2.05, 4.69) is 168 Å². The maximum Gasteiger partial charge on any atom is 0.164 e. The summed E-state index contributed by atoms with van der Waals surface area (Å²) >= 11 is 1.82. The highest BCUT2D eigenvalue weighted by atomic mass is 32.1. The van der Waals surface area contributed by atoms with Gasteiger partial charge in [0.2, 0.25) is 0 Å². The summed E-state index contributed by atoms with van der Waals surface area (Å²) < 4.78 is 4.89. The Morgan fingerprint density at radius 1 is 0.414 bits per heavy atom. The van der Waals surface area contributed by atoms with Crippen molar-refractivity contribution in [3.8, 4) is 68.2 Å². The average Bonchev–Trinajstić information content (AvgIpc) is 3.85. The summed E-state index contributed by atoms with van der Waals surface area (Å²) in [6.45, 7) is 0. The fourth-order valence-corrected chi connectivity index (χ4v) is 9.40. The second-order valence-corrected chi connectivity index (χ2v) is 15.4. The predicted molar refractivity (Wildman–Crippen MR) is 239 cm³/mol. The van der Waals surface area contributed by atoms with E-state index >= 15 is 0 Å². The highest BCUT2D eigenvalue weighted by Gasteiger charge is 2.19. The highest BCUT2D eigenvalue weighted by molar-refractivity contribution is 7.26. The molecule has 0 unspecified atom stereocenters. The Bertz CT molecular complexity index is 3360. The summed E-state index contributed by atoms with van der Waals surface area (Å²) in [5.41, 5.74) is 10.9. The predicted octanol–water partition coefficient (Wildman–Crippen LogP) is 13.5. The zero-order valence-corrected chi connectivity index (χ0v) is 31.9. The van der Waals surface area contributed by atoms with Gasteiger partial charge in [-0.25, -0.2) is 15.0 Å². The summed E-state index contributed by atoms with van der Waals surface area (Å²) in [5.74, 6) is 1.66. The molecular formula is C52H31N5S. The molecule has 0 aliphatic carbocycles. The molecule has 0 N–H and O–H groups in total. The van der Waals surface area contributed by atoms with E-state index in [1.165, 1.54) is 36.5 Å². The third-order valence-corrected chi connectivity index (χ3v) is 12.1. The SMILES string of the molecule is N#Cc1ccc(-c2nc(-c3cccc(-c4cccc5c4sc4ccccc45)c3)nc(-c3ccc(-c4ccccc4)c(-n4c5ccccc5c5ccccc54)c3)n2)cc1. The van der Waals surface area contributed by atoms with Gasteiger partial charge in [-0.2, -0.15) is 5.26 Å². The molecule has 3 aromatic heterocycles. The molecule has 11 rings (SSSR count). The molecule has 0 spiro atoms. The van der Waals surface area contributed by atoms with Crippen molar-refractivity contribution in [2.75, 3.05) is 0 Å². The standard InChI is InChI=1S/C52H31N5S/c53-32-33-24-26-35(27-25-33)50-54-51(37-15-10-14-36(30-37)40-19-11-20-44-43-18-6-9-23-48(43)58-49(40)44)56-52(55-50)38-28-29-39(34-12-2-1-3-13-34)47(31-38)57-45-21-7-4-16-41(45)42-17-5-8-22-46(42)57/h1-31H. The van der Waals surface area contributed by atoms with Crippen LogP contribution >= 0.6 is 11.3 Å². The van der Waals surface area contributed by atoms with Crippen LogP contribution in [0.25, 0.3) is 104 Å². The van der Waals surface area contributed by atoms with E-state index in [4.69, 9.17) is 15.0 Å². The summed E-state index contributed by atoms with van der Waals surface area (Å²) in [6.07, 6.45) is 0. The van der Waals surface area contributed by atoms with Crippen LogP contribution in [0.5, 0.6) is 0 Å². The third-order valence-electron chi connectivity index (χ3n) is 10.9. The largest absolute Gasteiger partial charge is 0.309 e. The summed E-state index contributed by atoms with van der Waals surface area (Å²) in [4.78, 5) is 15.5. The van der Waals surface area contributed by atoms with Crippen molar-refractivity contribution >= 4 is 53.3 Å². The van der Waals surface area contributed by atoms with Crippen molar-refractivity contribution in [3.63, 3.8) is 0 Å². The zero-order chi connectivity index (χ0) is 38.6. The van der Waals surface area contributed by atoms with Gasteiger partial charge in [-0.05, 0) is 71.3 Å². The number of para-hydroxylation sites is 2. The van der Waals surface area contributed by atoms with E-state index in [0.717, 1.165) is 50.1 Å². The highest BCUT2D eigenvalue weighted by Crippen LogP contribution is 2.41. The van der Waals surface area contributed by atoms with Gasteiger partial charge < -0.3 is 4.57 Å². The van der Waals surface area contributed by atoms with Crippen molar-refractivity contribution in [1.82, 2.24) is 19.5 Å². The van der Waals surface area contributed by atoms with Gasteiger partial charge in [0.05, 0.1) is 28.4 Å². The maximum atomic E-state index is 9.56. The van der Waals surface area contributed by atoms with Crippen molar-refractivity contribution in [1.29, 1.82) is 5.26 Å². The first-order chi connectivity index (χ1) is 28.7. The molecule has 270 valence electrons. The number of hydrogen-bond acceptors (Lipinski definition) is 5. The Hall–Kier alpha value is -7.72. The third kappa shape index (κ3) is 5.64. The van der Waals surface area contributed by atoms with Crippen LogP contribution in [0.3, 0.4) is 0 Å². The second kappa shape index (κ2) is 13.8. The second-order valence-electron chi connectivity index (χ2n) is 14.3. The molecule has 0 saturated heterocycles. The molecule has 0 saturated carbocycles. The number of benzene rings is 8. The molecule has 11 aromatic rings. The molecule has 58 heavy (non-hydrogen) atoms. The molecule has 6 heteroatoms. The number of thiophene rings is 1. The van der Waals surface area contributed by atoms with Crippen LogP contribution < -0.4 is 0 Å². The Morgan fingerprint density at radius 2 is 0.966 bits per heavy atom. The van der Waals surface area contributed by atoms with Crippen LogP contribution in [-0.2, 0) is 0 Å². The van der Waals surface area contributed by atoms with Crippen LogP contribution in [0.1, 0.15) is 5.56 Å². The first-order valence-corrected chi connectivity index (χ1v) is 20.0. The summed E-state index contributed by atoms with van der Waals surface area (Å²) in [7, 11) is 0. The molecule has 8 aromatic carbocycles. The van der Waals surface area contributed by atoms with Crippen LogP contribution in [-0.4, -0.2) is 19.5 Å². The summed E-state index contributed by atoms with van der Waals surface area (Å²) in [6, 6.07) is 67.5. The van der Waals surface area contributed by atoms with E-state index in [1.807, 2.05) is 29.5 Å². The fraction of sp³-hybridized carbons (Fsp3) is 0. The van der Waals surface area contributed by atoms with Crippen LogP contribution in [0.15, 0.2) is 188 Å². The lowest BCUT2D eigenvalue weighted by molar-refractivity contribution is 1.07. The van der Waals surface area contributed by atoms with Crippen LogP contribution in [0, 0.1) is 11.3 Å². The first-order valence-electron chi connectivity index (χ1n) is 19.2. The van der Waals surface area contributed by atoms with E-state index in [9.17, 15) is 5.26 Å². The van der Waals surface area contributed by atoms with Gasteiger partial charge in [0.15, 0.2) is 17.5 Å². The Kier molecular flexibility index (Phi) is 7.99. The average molecular weight is 758 g/mol. The lowest BCUT2D eigenvalue weighted by Gasteiger charge is -2.16. The van der Waals surface area contributed by atoms with E-state index in [-0.39, 0.29) is 0 Å². The molecule has 0 atom stereocenters. The Balaban J connectivity index is 1.12. The van der Waals surface area contributed by atoms with Gasteiger partial charge in [-0.3, -0.25) is 0 Å². The quantitative estimate of drug-likeness (QED) is 0.169. The molecule has 5 nitrogen and oxygen atoms in total. The minimum absolute atomic E-state index is 0.534. The number of nitrogens with zero attached hydrogens (tertiary/aromatic N) is 5. The molecule has 0 bridgehead atoms. The Labute approximate surface area is 338 Å². The van der Waals surface area contributed by atoms with Gasteiger partial charge in [0, 0.05) is 53.2 Å². The van der Waals surface area contributed by atoms with Gasteiger partial charge in [-0.15, -0.1) is 11.3 Å². The fourth-order valence-electron chi connectivity index (χ4n) is 8.16. The number of hydrogen-bond donors (Lipinski definition) is 0. The van der Waals surface area contributed by atoms with Crippen LogP contribution in [0.4, 0.5) is 0 Å². The number of nitriles is 1. The monoisotopic (exact) mass is 757 g/mol. The van der Waals surface area contributed by atoms with Crippen molar-refractivity contribution < 1.29 is 0 Å². The van der Waals surface area contributed by atoms with Gasteiger partial charge >= 0.3 is 0 Å². The molecular weight excluding hydrogens is 727 g/mol. The van der Waals surface area contributed by atoms with Gasteiger partial charge in [0.25, 0.3) is 0 Å². The molecule has 0 amide bonds. The smallest absolute Gasteiger partial charge is 0.164 e. The minimum Gasteiger partial charge on any atom is -0.309 e. The molecule has 0 radical (unpaired) electrons. The van der Waals surface area contributed by atoms with Crippen molar-refractivity contribution in [2.24, 2.45) is 0 Å². The van der Waals surface area contributed by atoms with Gasteiger partial charge in [-0.1, -0.05) is 133 Å². The van der Waals surface area contributed by atoms with E-state index in [1.54, 1.807) is 12.1 Å². The topological polar surface area (TPSA) is 67.4 Å². The zero-order valence-electron chi connectivity index (χ0n) is 31.0. The van der Waals surface area contributed by atoms with E-state index in [0.29, 0.717) is 23.0 Å².